The van der Waals surface area contributed by atoms with E-state index in [1.54, 1.807) is 13.8 Å². The molecule has 0 aromatic heterocycles. The molecule has 1 aromatic carbocycles. The van der Waals surface area contributed by atoms with Crippen LogP contribution in [0.2, 0.25) is 0 Å². The summed E-state index contributed by atoms with van der Waals surface area (Å²) in [6.45, 7) is 6.11. The lowest BCUT2D eigenvalue weighted by atomic mass is 10.1. The Morgan fingerprint density at radius 3 is 2.11 bits per heavy atom. The van der Waals surface area contributed by atoms with Gasteiger partial charge in [0.05, 0.1) is 18.9 Å². The minimum absolute atomic E-state index is 0.350. The summed E-state index contributed by atoms with van der Waals surface area (Å²) in [5.74, 6) is 0. The molecule has 0 fully saturated rings. The van der Waals surface area contributed by atoms with Crippen molar-refractivity contribution < 1.29 is 13.6 Å². The molecule has 0 bridgehead atoms. The van der Waals surface area contributed by atoms with Gasteiger partial charge in [-0.2, -0.15) is 0 Å². The molecule has 1 aromatic rings. The van der Waals surface area contributed by atoms with Gasteiger partial charge in [0.25, 0.3) is 0 Å². The number of nitrogens with two attached hydrogens (primary N) is 1. The lowest BCUT2D eigenvalue weighted by Gasteiger charge is -2.27. The first kappa shape index (κ1) is 15.4. The summed E-state index contributed by atoms with van der Waals surface area (Å²) in [6.07, 6.45) is 0. The summed E-state index contributed by atoms with van der Waals surface area (Å²) in [4.78, 5) is 0. The Bertz CT molecular complexity index is 386. The molecule has 18 heavy (non-hydrogen) atoms. The first-order valence-electron chi connectivity index (χ1n) is 6.24. The molecular formula is C13H22NO3P. The lowest BCUT2D eigenvalue weighted by Crippen LogP contribution is -2.25. The minimum atomic E-state index is -3.16. The van der Waals surface area contributed by atoms with Gasteiger partial charge in [-0.05, 0) is 26.3 Å². The van der Waals surface area contributed by atoms with E-state index in [0.29, 0.717) is 13.2 Å². The van der Waals surface area contributed by atoms with Crippen LogP contribution >= 0.6 is 7.60 Å². The Labute approximate surface area is 109 Å². The van der Waals surface area contributed by atoms with E-state index in [1.165, 1.54) is 0 Å². The van der Waals surface area contributed by atoms with Gasteiger partial charge in [0, 0.05) is 6.04 Å². The fraction of sp³-hybridized carbons (Fsp3) is 0.538. The second-order valence-corrected chi connectivity index (χ2v) is 6.46. The van der Waals surface area contributed by atoms with Gasteiger partial charge >= 0.3 is 7.60 Å². The highest BCUT2D eigenvalue weighted by atomic mass is 31.2. The van der Waals surface area contributed by atoms with Crippen LogP contribution in [-0.2, 0) is 13.6 Å². The van der Waals surface area contributed by atoms with Crippen LogP contribution in [0.4, 0.5) is 0 Å². The van der Waals surface area contributed by atoms with E-state index in [9.17, 15) is 4.57 Å². The zero-order valence-electron chi connectivity index (χ0n) is 11.2. The monoisotopic (exact) mass is 271 g/mol. The van der Waals surface area contributed by atoms with Crippen molar-refractivity contribution in [1.29, 1.82) is 0 Å². The topological polar surface area (TPSA) is 61.5 Å². The molecule has 102 valence electrons. The predicted octanol–water partition coefficient (Wildman–Crippen LogP) is 3.34. The highest BCUT2D eigenvalue weighted by molar-refractivity contribution is 7.54. The summed E-state index contributed by atoms with van der Waals surface area (Å²) in [5, 5.41) is 0. The van der Waals surface area contributed by atoms with Crippen molar-refractivity contribution >= 4 is 7.60 Å². The Kier molecular flexibility index (Phi) is 6.03. The van der Waals surface area contributed by atoms with Gasteiger partial charge in [0.15, 0.2) is 0 Å². The van der Waals surface area contributed by atoms with Crippen molar-refractivity contribution in [2.24, 2.45) is 5.73 Å². The maximum absolute atomic E-state index is 12.6. The third-order valence-electron chi connectivity index (χ3n) is 2.82. The maximum Gasteiger partial charge on any atom is 0.335 e. The largest absolute Gasteiger partial charge is 0.335 e. The van der Waals surface area contributed by atoms with Gasteiger partial charge in [-0.15, -0.1) is 0 Å². The number of hydrogen-bond donors (Lipinski definition) is 1. The Morgan fingerprint density at radius 2 is 1.67 bits per heavy atom. The maximum atomic E-state index is 12.6. The molecular weight excluding hydrogens is 249 g/mol. The van der Waals surface area contributed by atoms with Gasteiger partial charge in [-0.25, -0.2) is 0 Å². The Morgan fingerprint density at radius 1 is 1.17 bits per heavy atom. The lowest BCUT2D eigenvalue weighted by molar-refractivity contribution is 0.210. The van der Waals surface area contributed by atoms with Crippen molar-refractivity contribution in [1.82, 2.24) is 0 Å². The highest BCUT2D eigenvalue weighted by Gasteiger charge is 2.36. The predicted molar refractivity (Wildman–Crippen MR) is 73.7 cm³/mol. The summed E-state index contributed by atoms with van der Waals surface area (Å²) in [5.41, 5.74) is 6.71. The van der Waals surface area contributed by atoms with Gasteiger partial charge in [-0.3, -0.25) is 4.57 Å². The average molecular weight is 271 g/mol. The molecule has 0 saturated heterocycles. The highest BCUT2D eigenvalue weighted by Crippen LogP contribution is 2.55. The van der Waals surface area contributed by atoms with Crippen molar-refractivity contribution in [3.63, 3.8) is 0 Å². The summed E-state index contributed by atoms with van der Waals surface area (Å²) in [6, 6.07) is 9.22. The number of benzene rings is 1. The van der Waals surface area contributed by atoms with E-state index < -0.39 is 7.60 Å². The Hall–Kier alpha value is -0.670. The smallest absolute Gasteiger partial charge is 0.323 e. The van der Waals surface area contributed by atoms with Gasteiger partial charge in [0.2, 0.25) is 0 Å². The van der Waals surface area contributed by atoms with Crippen molar-refractivity contribution in [2.75, 3.05) is 13.2 Å². The van der Waals surface area contributed by atoms with Gasteiger partial charge in [-0.1, -0.05) is 30.3 Å². The number of hydrogen-bond acceptors (Lipinski definition) is 4. The molecule has 4 nitrogen and oxygen atoms in total. The molecule has 0 heterocycles. The second-order valence-electron chi connectivity index (χ2n) is 4.05. The van der Waals surface area contributed by atoms with E-state index in [-0.39, 0.29) is 11.7 Å². The molecule has 2 unspecified atom stereocenters. The summed E-state index contributed by atoms with van der Waals surface area (Å²) >= 11 is 0. The molecule has 0 saturated carbocycles. The van der Waals surface area contributed by atoms with Crippen LogP contribution in [0.3, 0.4) is 0 Å². The Balaban J connectivity index is 2.89. The van der Waals surface area contributed by atoms with Crippen LogP contribution < -0.4 is 5.73 Å². The first-order chi connectivity index (χ1) is 8.55. The standard InChI is InChI=1S/C13H22NO3P/c1-4-16-18(15,17-5-2)11(3)13(14)12-9-7-6-8-10-12/h6-11,13H,4-5,14H2,1-3H3. The van der Waals surface area contributed by atoms with Crippen LogP contribution in [0.5, 0.6) is 0 Å². The van der Waals surface area contributed by atoms with Crippen LogP contribution in [-0.4, -0.2) is 18.9 Å². The van der Waals surface area contributed by atoms with E-state index in [4.69, 9.17) is 14.8 Å². The zero-order chi connectivity index (χ0) is 13.6. The molecule has 0 spiro atoms. The molecule has 0 amide bonds. The minimum Gasteiger partial charge on any atom is -0.323 e. The van der Waals surface area contributed by atoms with Crippen LogP contribution in [0.1, 0.15) is 32.4 Å². The third-order valence-corrected chi connectivity index (χ3v) is 5.38. The zero-order valence-corrected chi connectivity index (χ0v) is 12.1. The molecule has 1 rings (SSSR count). The second kappa shape index (κ2) is 7.05. The molecule has 2 N–H and O–H groups in total. The van der Waals surface area contributed by atoms with E-state index >= 15 is 0 Å². The van der Waals surface area contributed by atoms with Crippen molar-refractivity contribution in [2.45, 2.75) is 32.5 Å². The SMILES string of the molecule is CCOP(=O)(OCC)C(C)C(N)c1ccccc1. The number of rotatable bonds is 7. The average Bonchev–Trinajstić information content (AvgIpc) is 2.38. The summed E-state index contributed by atoms with van der Waals surface area (Å²) in [7, 11) is -3.16. The quantitative estimate of drug-likeness (QED) is 0.772. The van der Waals surface area contributed by atoms with Crippen LogP contribution in [0, 0.1) is 0 Å². The fourth-order valence-corrected chi connectivity index (χ4v) is 3.61. The molecule has 0 aliphatic heterocycles. The molecule has 0 aliphatic rings. The van der Waals surface area contributed by atoms with E-state index in [2.05, 4.69) is 0 Å². The first-order valence-corrected chi connectivity index (χ1v) is 7.85. The third kappa shape index (κ3) is 3.66. The molecule has 2 atom stereocenters. The van der Waals surface area contributed by atoms with E-state index in [1.807, 2.05) is 37.3 Å². The van der Waals surface area contributed by atoms with Gasteiger partial charge < -0.3 is 14.8 Å². The molecule has 0 radical (unpaired) electrons. The van der Waals surface area contributed by atoms with Crippen LogP contribution in [0.15, 0.2) is 30.3 Å². The van der Waals surface area contributed by atoms with Crippen LogP contribution in [0.25, 0.3) is 0 Å². The van der Waals surface area contributed by atoms with Gasteiger partial charge in [0.1, 0.15) is 0 Å². The molecule has 0 aliphatic carbocycles. The van der Waals surface area contributed by atoms with Crippen molar-refractivity contribution in [3.8, 4) is 0 Å². The normalized spacial score (nSPS) is 15.3. The fourth-order valence-electron chi connectivity index (χ4n) is 1.78. The summed E-state index contributed by atoms with van der Waals surface area (Å²) < 4.78 is 23.3. The van der Waals surface area contributed by atoms with E-state index in [0.717, 1.165) is 5.56 Å². The molecule has 5 heteroatoms. The van der Waals surface area contributed by atoms with Crippen molar-refractivity contribution in [3.05, 3.63) is 35.9 Å².